The van der Waals surface area contributed by atoms with Gasteiger partial charge in [0, 0.05) is 21.3 Å². The molecule has 1 aromatic heterocycles. The number of thiazole rings is 1. The zero-order valence-electron chi connectivity index (χ0n) is 3.89. The van der Waals surface area contributed by atoms with Crippen LogP contribution in [0.2, 0.25) is 0 Å². The molecule has 0 bridgehead atoms. The van der Waals surface area contributed by atoms with Crippen LogP contribution >= 0.6 is 27.3 Å². The molecular weight excluding hydrogens is 186 g/mol. The third-order valence-electron chi connectivity index (χ3n) is 0.608. The Morgan fingerprint density at radius 1 is 1.75 bits per heavy atom. The Labute approximate surface area is 59.9 Å². The number of hydrogen-bond donors (Lipinski definition) is 0. The van der Waals surface area contributed by atoms with Gasteiger partial charge in [0.25, 0.3) is 0 Å². The fourth-order valence-corrected chi connectivity index (χ4v) is 1.01. The summed E-state index contributed by atoms with van der Waals surface area (Å²) >= 11 is 4.52. The van der Waals surface area contributed by atoms with Crippen molar-refractivity contribution in [2.75, 3.05) is 0 Å². The normalized spacial score (nSPS) is 7.62. The minimum Gasteiger partial charge on any atom is -0.236 e. The van der Waals surface area contributed by atoms with Crippen molar-refractivity contribution < 1.29 is 0 Å². The van der Waals surface area contributed by atoms with E-state index in [2.05, 4.69) is 31.7 Å². The number of nitrogens with zero attached hydrogens (tertiary/aromatic N) is 1. The summed E-state index contributed by atoms with van der Waals surface area (Å²) in [5.41, 5.74) is 2.58. The Morgan fingerprint density at radius 2 is 2.62 bits per heavy atom. The van der Waals surface area contributed by atoms with Crippen LogP contribution in [0, 0.1) is 10.8 Å². The summed E-state index contributed by atoms with van der Waals surface area (Å²) in [6, 6.07) is 0. The smallest absolute Gasteiger partial charge is 0.124 e. The van der Waals surface area contributed by atoms with Gasteiger partial charge in [-0.15, -0.1) is 11.3 Å². The van der Waals surface area contributed by atoms with Gasteiger partial charge in [-0.25, -0.2) is 4.98 Å². The Hall–Kier alpha value is -0.330. The van der Waals surface area contributed by atoms with E-state index in [0.29, 0.717) is 0 Å². The molecule has 0 spiro atoms. The fourth-order valence-electron chi connectivity index (χ4n) is 0.323. The van der Waals surface area contributed by atoms with Gasteiger partial charge in [0.05, 0.1) is 5.51 Å². The summed E-state index contributed by atoms with van der Waals surface area (Å²) in [7, 11) is 0. The van der Waals surface area contributed by atoms with Crippen LogP contribution in [-0.2, 0) is 0 Å². The maximum Gasteiger partial charge on any atom is 0.124 e. The highest BCUT2D eigenvalue weighted by Gasteiger charge is 1.82. The number of aromatic nitrogens is 1. The van der Waals surface area contributed by atoms with Crippen LogP contribution in [0.15, 0.2) is 10.9 Å². The highest BCUT2D eigenvalue weighted by molar-refractivity contribution is 9.12. The minimum atomic E-state index is 0.826. The molecule has 0 radical (unpaired) electrons. The van der Waals surface area contributed by atoms with Crippen LogP contribution in [0.5, 0.6) is 0 Å². The quantitative estimate of drug-likeness (QED) is 0.566. The Balaban J connectivity index is 2.88. The van der Waals surface area contributed by atoms with Crippen molar-refractivity contribution in [1.82, 2.24) is 4.98 Å². The second kappa shape index (κ2) is 2.85. The van der Waals surface area contributed by atoms with Crippen LogP contribution in [0.3, 0.4) is 0 Å². The molecule has 1 nitrogen and oxygen atoms in total. The summed E-state index contributed by atoms with van der Waals surface area (Å²) in [4.78, 5) is 6.50. The van der Waals surface area contributed by atoms with Gasteiger partial charge >= 0.3 is 0 Å². The highest BCUT2D eigenvalue weighted by atomic mass is 79.9. The Kier molecular flexibility index (Phi) is 2.07. The SMILES string of the molecule is BrC#Cc1cscn1. The van der Waals surface area contributed by atoms with Crippen LogP contribution < -0.4 is 0 Å². The van der Waals surface area contributed by atoms with Gasteiger partial charge in [0.1, 0.15) is 5.69 Å². The van der Waals surface area contributed by atoms with Gasteiger partial charge in [0.15, 0.2) is 0 Å². The van der Waals surface area contributed by atoms with Crippen LogP contribution in [0.25, 0.3) is 0 Å². The predicted molar refractivity (Wildman–Crippen MR) is 37.9 cm³/mol. The summed E-state index contributed by atoms with van der Waals surface area (Å²) < 4.78 is 0. The monoisotopic (exact) mass is 187 g/mol. The van der Waals surface area contributed by atoms with Crippen LogP contribution in [-0.4, -0.2) is 4.98 Å². The first kappa shape index (κ1) is 5.80. The minimum absolute atomic E-state index is 0.826. The maximum absolute atomic E-state index is 3.92. The lowest BCUT2D eigenvalue weighted by Crippen LogP contribution is -1.65. The Morgan fingerprint density at radius 3 is 3.12 bits per heavy atom. The van der Waals surface area contributed by atoms with E-state index in [4.69, 9.17) is 0 Å². The van der Waals surface area contributed by atoms with Crippen molar-refractivity contribution in [3.05, 3.63) is 16.6 Å². The molecule has 0 N–H and O–H groups in total. The molecule has 8 heavy (non-hydrogen) atoms. The summed E-state index contributed by atoms with van der Waals surface area (Å²) in [6.07, 6.45) is 0. The van der Waals surface area contributed by atoms with Gasteiger partial charge in [-0.1, -0.05) is 0 Å². The lowest BCUT2D eigenvalue weighted by molar-refractivity contribution is 1.38. The number of halogens is 1. The zero-order valence-corrected chi connectivity index (χ0v) is 6.29. The number of hydrogen-bond acceptors (Lipinski definition) is 2. The van der Waals surface area contributed by atoms with Gasteiger partial charge in [-0.05, 0) is 10.8 Å². The molecule has 0 aliphatic rings. The summed E-state index contributed by atoms with van der Waals surface area (Å²) in [6.45, 7) is 0. The van der Waals surface area contributed by atoms with Crippen molar-refractivity contribution in [3.63, 3.8) is 0 Å². The van der Waals surface area contributed by atoms with E-state index in [1.165, 1.54) is 0 Å². The average molecular weight is 188 g/mol. The third-order valence-corrected chi connectivity index (χ3v) is 1.39. The molecule has 40 valence electrons. The zero-order chi connectivity index (χ0) is 5.82. The van der Waals surface area contributed by atoms with Crippen molar-refractivity contribution in [2.24, 2.45) is 0 Å². The largest absolute Gasteiger partial charge is 0.236 e. The van der Waals surface area contributed by atoms with Crippen LogP contribution in [0.4, 0.5) is 0 Å². The molecule has 0 aliphatic heterocycles. The van der Waals surface area contributed by atoms with Gasteiger partial charge in [-0.3, -0.25) is 0 Å². The first-order chi connectivity index (χ1) is 3.93. The third kappa shape index (κ3) is 1.32. The molecule has 0 unspecified atom stereocenters. The second-order valence-electron chi connectivity index (χ2n) is 1.09. The topological polar surface area (TPSA) is 12.9 Å². The van der Waals surface area contributed by atoms with Crippen molar-refractivity contribution in [2.45, 2.75) is 0 Å². The first-order valence-electron chi connectivity index (χ1n) is 1.93. The molecule has 0 aliphatic carbocycles. The maximum atomic E-state index is 3.92. The summed E-state index contributed by atoms with van der Waals surface area (Å²) in [5.74, 6) is 2.75. The number of rotatable bonds is 0. The van der Waals surface area contributed by atoms with Crippen molar-refractivity contribution in [3.8, 4) is 10.8 Å². The lowest BCUT2D eigenvalue weighted by Gasteiger charge is -1.67. The lowest BCUT2D eigenvalue weighted by atomic mass is 10.5. The molecule has 0 saturated heterocycles. The van der Waals surface area contributed by atoms with Gasteiger partial charge in [-0.2, -0.15) is 0 Å². The molecule has 1 heterocycles. The van der Waals surface area contributed by atoms with E-state index < -0.39 is 0 Å². The van der Waals surface area contributed by atoms with Crippen molar-refractivity contribution >= 4 is 27.3 Å². The first-order valence-corrected chi connectivity index (χ1v) is 3.67. The van der Waals surface area contributed by atoms with Gasteiger partial charge in [0.2, 0.25) is 0 Å². The molecule has 1 aromatic rings. The van der Waals surface area contributed by atoms with E-state index >= 15 is 0 Å². The van der Waals surface area contributed by atoms with Crippen molar-refractivity contribution in [1.29, 1.82) is 0 Å². The molecule has 3 heteroatoms. The van der Waals surface area contributed by atoms with E-state index in [1.807, 2.05) is 5.38 Å². The van der Waals surface area contributed by atoms with E-state index in [-0.39, 0.29) is 0 Å². The van der Waals surface area contributed by atoms with E-state index in [9.17, 15) is 0 Å². The Bertz CT molecular complexity index is 206. The highest BCUT2D eigenvalue weighted by Crippen LogP contribution is 1.97. The molecule has 1 rings (SSSR count). The second-order valence-corrected chi connectivity index (χ2v) is 2.21. The van der Waals surface area contributed by atoms with Gasteiger partial charge < -0.3 is 0 Å². The molecule has 0 fully saturated rings. The van der Waals surface area contributed by atoms with E-state index in [0.717, 1.165) is 5.69 Å². The molecule has 0 aromatic carbocycles. The molecular formula is C5H2BrNS. The molecule has 0 atom stereocenters. The fraction of sp³-hybridized carbons (Fsp3) is 0. The van der Waals surface area contributed by atoms with Crippen LogP contribution in [0.1, 0.15) is 5.69 Å². The standard InChI is InChI=1S/C5H2BrNS/c6-2-1-5-3-8-4-7-5/h3-4H. The molecule has 0 saturated carbocycles. The molecule has 0 amide bonds. The summed E-state index contributed by atoms with van der Waals surface area (Å²) in [5, 5.41) is 1.90. The predicted octanol–water partition coefficient (Wildman–Crippen LogP) is 1.85. The average Bonchev–Trinajstić information content (AvgIpc) is 2.19. The van der Waals surface area contributed by atoms with E-state index in [1.54, 1.807) is 16.8 Å².